The molecule has 0 bridgehead atoms. The molecular weight excluding hydrogens is 888 g/mol. The van der Waals surface area contributed by atoms with Gasteiger partial charge in [0.25, 0.3) is 5.91 Å². The maximum Gasteiger partial charge on any atom is 0.469 e. The fraction of sp³-hybridized carbons (Fsp3) is 0.419. The van der Waals surface area contributed by atoms with Gasteiger partial charge in [-0.1, -0.05) is 6.08 Å². The molecule has 0 aromatic heterocycles. The van der Waals surface area contributed by atoms with Gasteiger partial charge in [0.2, 0.25) is 5.36 Å². The number of carboxylic acids is 1. The number of hydrogen-bond donors (Lipinski definition) is 5. The van der Waals surface area contributed by atoms with Gasteiger partial charge in [-0.3, -0.25) is 18.6 Å². The molecule has 3 aromatic rings. The van der Waals surface area contributed by atoms with Crippen molar-refractivity contribution in [2.45, 2.75) is 77.3 Å². The summed E-state index contributed by atoms with van der Waals surface area (Å²) in [4.78, 5) is 67.7. The van der Waals surface area contributed by atoms with Crippen LogP contribution in [0.2, 0.25) is 0 Å². The van der Waals surface area contributed by atoms with Gasteiger partial charge >= 0.3 is 21.6 Å². The Morgan fingerprint density at radius 2 is 1.47 bits per heavy atom. The number of fused-ring (bicyclic) bond motifs is 4. The Bertz CT molecular complexity index is 2890. The fourth-order valence-electron chi connectivity index (χ4n) is 9.85. The summed E-state index contributed by atoms with van der Waals surface area (Å²) >= 11 is 0. The first kappa shape index (κ1) is 45.8. The Morgan fingerprint density at radius 1 is 0.844 bits per heavy atom. The lowest BCUT2D eigenvalue weighted by Crippen LogP contribution is -2.53. The summed E-state index contributed by atoms with van der Waals surface area (Å²) in [6.45, 7) is 7.15. The second kappa shape index (κ2) is 16.0. The van der Waals surface area contributed by atoms with Gasteiger partial charge in [-0.25, -0.2) is 31.3 Å². The van der Waals surface area contributed by atoms with Crippen LogP contribution in [0.15, 0.2) is 24.3 Å². The smallest absolute Gasteiger partial charge is 0.469 e. The van der Waals surface area contributed by atoms with E-state index < -0.39 is 92.6 Å². The Morgan fingerprint density at radius 3 is 2.11 bits per heavy atom. The molecule has 8 rings (SSSR count). The maximum absolute atomic E-state index is 17.2. The number of ether oxygens (including phenoxy) is 1. The van der Waals surface area contributed by atoms with Crippen molar-refractivity contribution in [3.8, 4) is 11.5 Å². The molecule has 0 radical (unpaired) electrons. The van der Waals surface area contributed by atoms with Crippen molar-refractivity contribution in [1.82, 2.24) is 9.48 Å². The topological polar surface area (TPSA) is 207 Å². The Kier molecular flexibility index (Phi) is 11.5. The first-order valence-electron chi connectivity index (χ1n) is 20.5. The molecule has 15 nitrogen and oxygen atoms in total. The van der Waals surface area contributed by atoms with Crippen LogP contribution in [-0.2, 0) is 35.8 Å². The number of halogens is 4. The predicted molar refractivity (Wildman–Crippen MR) is 224 cm³/mol. The Hall–Kier alpha value is -4.71. The third kappa shape index (κ3) is 7.93. The number of carbonyl (C=O) groups excluding carboxylic acids is 1. The summed E-state index contributed by atoms with van der Waals surface area (Å²) in [5.74, 6) is -10.7. The summed E-state index contributed by atoms with van der Waals surface area (Å²) in [6, 6.07) is 2.98. The zero-order valence-electron chi connectivity index (χ0n) is 35.4. The molecule has 0 atom stereocenters. The quantitative estimate of drug-likeness (QED) is 0.0403. The molecular formula is C43H46F4N3O12P2+. The molecule has 0 unspecified atom stereocenters. The van der Waals surface area contributed by atoms with Crippen molar-refractivity contribution < 1.29 is 74.7 Å². The summed E-state index contributed by atoms with van der Waals surface area (Å²) < 4.78 is 108. The molecule has 5 N–H and O–H groups in total. The van der Waals surface area contributed by atoms with Crippen molar-refractivity contribution in [2.24, 2.45) is 0 Å². The normalized spacial score (nSPS) is 18.0. The zero-order valence-corrected chi connectivity index (χ0v) is 37.2. The molecule has 0 aliphatic carbocycles. The van der Waals surface area contributed by atoms with E-state index in [1.807, 2.05) is 27.7 Å². The van der Waals surface area contributed by atoms with Crippen molar-refractivity contribution in [1.29, 1.82) is 0 Å². The van der Waals surface area contributed by atoms with Gasteiger partial charge in [0.15, 0.2) is 28.8 Å². The van der Waals surface area contributed by atoms with E-state index in [0.717, 1.165) is 4.90 Å². The van der Waals surface area contributed by atoms with Crippen LogP contribution in [0.3, 0.4) is 0 Å². The lowest BCUT2D eigenvalue weighted by Gasteiger charge is -2.47. The summed E-state index contributed by atoms with van der Waals surface area (Å²) in [6.07, 6.45) is 4.77. The lowest BCUT2D eigenvalue weighted by atomic mass is 9.78. The van der Waals surface area contributed by atoms with E-state index in [2.05, 4.69) is 9.48 Å². The average molecular weight is 935 g/mol. The van der Waals surface area contributed by atoms with Crippen molar-refractivity contribution in [2.75, 3.05) is 44.8 Å². The number of carbonyl (C=O) groups is 2. The maximum atomic E-state index is 17.2. The van der Waals surface area contributed by atoms with E-state index >= 15 is 17.6 Å². The van der Waals surface area contributed by atoms with E-state index in [9.17, 15) is 43.4 Å². The number of amides is 1. The first-order valence-corrected chi connectivity index (χ1v) is 23.6. The molecule has 0 spiro atoms. The fourth-order valence-corrected chi connectivity index (χ4v) is 10.5. The minimum atomic E-state index is -5.04. The molecule has 0 fully saturated rings. The molecule has 3 aromatic carbocycles. The number of nitrogens with zero attached hydrogens (tertiary/aromatic N) is 3. The van der Waals surface area contributed by atoms with Crippen LogP contribution in [0.4, 0.5) is 23.2 Å². The van der Waals surface area contributed by atoms with E-state index in [1.165, 1.54) is 19.2 Å². The third-order valence-corrected chi connectivity index (χ3v) is 13.4. The second-order valence-electron chi connectivity index (χ2n) is 17.6. The molecule has 5 aliphatic heterocycles. The molecule has 21 heteroatoms. The Labute approximate surface area is 364 Å². The SMILES string of the molecule is CN(CCCC(=O)O)C(=O)c1c(F)c(F)c(F)c(F)c1C1=c2cc3c4c(c2Oc2c1cc1c5c2CCCN5C(C)(C)C=C1COP(=O)(O)O)CCC[N+]=4C(C)(C)C=C3COP(=O)(O)O. The van der Waals surface area contributed by atoms with Crippen molar-refractivity contribution >= 4 is 49.9 Å². The van der Waals surface area contributed by atoms with Crippen LogP contribution in [0.1, 0.15) is 97.1 Å². The minimum Gasteiger partial charge on any atom is -0.481 e. The number of benzene rings is 3. The van der Waals surface area contributed by atoms with Crippen molar-refractivity contribution in [3.05, 3.63) is 97.1 Å². The van der Waals surface area contributed by atoms with E-state index in [1.54, 1.807) is 12.2 Å². The summed E-state index contributed by atoms with van der Waals surface area (Å²) in [7, 11) is -8.91. The monoisotopic (exact) mass is 934 g/mol. The molecule has 1 amide bonds. The number of rotatable bonds is 12. The second-order valence-corrected chi connectivity index (χ2v) is 20.1. The van der Waals surface area contributed by atoms with Gasteiger partial charge in [0.05, 0.1) is 41.1 Å². The largest absolute Gasteiger partial charge is 0.481 e. The van der Waals surface area contributed by atoms with Crippen LogP contribution >= 0.6 is 15.6 Å². The van der Waals surface area contributed by atoms with Crippen LogP contribution in [0, 0.1) is 23.3 Å². The number of phosphoric ester groups is 2. The first-order chi connectivity index (χ1) is 29.8. The molecule has 0 saturated heterocycles. The van der Waals surface area contributed by atoms with Crippen molar-refractivity contribution in [3.63, 3.8) is 0 Å². The highest BCUT2D eigenvalue weighted by Gasteiger charge is 2.45. The summed E-state index contributed by atoms with van der Waals surface area (Å²) in [5, 5.41) is 9.82. The third-order valence-electron chi connectivity index (χ3n) is 12.5. The van der Waals surface area contributed by atoms with Crippen LogP contribution in [-0.4, -0.2) is 92.4 Å². The minimum absolute atomic E-state index is 0.0234. The molecule has 64 heavy (non-hydrogen) atoms. The highest BCUT2D eigenvalue weighted by Crippen LogP contribution is 2.54. The van der Waals surface area contributed by atoms with Gasteiger partial charge in [-0.2, -0.15) is 0 Å². The standard InChI is InChI=1S/C43H45F4N3O12P2/c1-42(2)17-21(19-60-63(54,55)56)25-15-27-30(31-32(34(45)36(47)35(46)33(31)44)41(53)48(5)12-8-11-29(51)52)28-16-26-22(20-61-64(57,58)59)18-43(3,4)50-14-7-10-24(38(26)50)40(28)62-39(27)23-9-6-13-49(42)37(23)25/h15-18H,6-14,19-20H2,1-5H3,(H4-,51,52,54,55,56,57,58,59)/p+1. The average Bonchev–Trinajstić information content (AvgIpc) is 3.21. The molecule has 342 valence electrons. The lowest BCUT2D eigenvalue weighted by molar-refractivity contribution is -0.137. The van der Waals surface area contributed by atoms with E-state index in [0.29, 0.717) is 83.2 Å². The summed E-state index contributed by atoms with van der Waals surface area (Å²) in [5.41, 5.74) is -1.06. The highest BCUT2D eigenvalue weighted by atomic mass is 31.2. The van der Waals surface area contributed by atoms with Gasteiger partial charge in [0.1, 0.15) is 18.0 Å². The number of anilines is 1. The van der Waals surface area contributed by atoms with Crippen LogP contribution in [0.25, 0.3) is 16.7 Å². The highest BCUT2D eigenvalue weighted by molar-refractivity contribution is 7.46. The number of hydrogen-bond acceptors (Lipinski definition) is 8. The molecule has 5 heterocycles. The van der Waals surface area contributed by atoms with Gasteiger partial charge < -0.3 is 39.2 Å². The number of aliphatic carboxylic acids is 1. The predicted octanol–water partition coefficient (Wildman–Crippen LogP) is 5.29. The molecule has 5 aliphatic rings. The van der Waals surface area contributed by atoms with Crippen LogP contribution in [0.5, 0.6) is 11.5 Å². The number of phosphoric acid groups is 2. The van der Waals surface area contributed by atoms with Gasteiger partial charge in [-0.15, -0.1) is 0 Å². The van der Waals surface area contributed by atoms with E-state index in [4.69, 9.17) is 13.8 Å². The zero-order chi connectivity index (χ0) is 46.6. The van der Waals surface area contributed by atoms with Gasteiger partial charge in [-0.05, 0) is 68.9 Å². The van der Waals surface area contributed by atoms with Crippen LogP contribution < -0.4 is 24.8 Å². The van der Waals surface area contributed by atoms with E-state index in [-0.39, 0.29) is 40.8 Å². The Balaban J connectivity index is 1.54. The number of carboxylic acid groups (broad SMARTS) is 1. The van der Waals surface area contributed by atoms with Gasteiger partial charge in [0, 0.05) is 79.9 Å². The molecule has 0 saturated carbocycles.